The van der Waals surface area contributed by atoms with Gasteiger partial charge in [-0.05, 0) is 26.2 Å². The fraction of sp³-hybridized carbons (Fsp3) is 0.727. The highest BCUT2D eigenvalue weighted by molar-refractivity contribution is 7.09. The van der Waals surface area contributed by atoms with Crippen molar-refractivity contribution < 1.29 is 4.74 Å². The van der Waals surface area contributed by atoms with Crippen molar-refractivity contribution in [1.29, 1.82) is 0 Å². The normalized spacial score (nSPS) is 28.1. The average molecular weight is 226 g/mol. The monoisotopic (exact) mass is 226 g/mol. The van der Waals surface area contributed by atoms with E-state index in [1.54, 1.807) is 18.4 Å². The standard InChI is InChI=1S/C11H18N2OS/c1-8(11-12-6-7-15-11)13-9-4-3-5-10(9)14-2/h6-10,13H,3-5H2,1-2H3. The van der Waals surface area contributed by atoms with Gasteiger partial charge in [0.1, 0.15) is 5.01 Å². The van der Waals surface area contributed by atoms with E-state index in [-0.39, 0.29) is 0 Å². The molecule has 0 aromatic carbocycles. The maximum atomic E-state index is 5.46. The van der Waals surface area contributed by atoms with Gasteiger partial charge >= 0.3 is 0 Å². The quantitative estimate of drug-likeness (QED) is 0.856. The van der Waals surface area contributed by atoms with E-state index in [4.69, 9.17) is 4.74 Å². The van der Waals surface area contributed by atoms with Crippen molar-refractivity contribution in [3.63, 3.8) is 0 Å². The highest BCUT2D eigenvalue weighted by Crippen LogP contribution is 2.25. The molecule has 1 heterocycles. The lowest BCUT2D eigenvalue weighted by atomic mass is 10.2. The summed E-state index contributed by atoms with van der Waals surface area (Å²) in [6, 6.07) is 0.833. The first-order valence-electron chi connectivity index (χ1n) is 5.49. The molecule has 0 spiro atoms. The SMILES string of the molecule is COC1CCCC1NC(C)c1nccs1. The fourth-order valence-corrected chi connectivity index (χ4v) is 2.89. The van der Waals surface area contributed by atoms with E-state index in [1.165, 1.54) is 19.3 Å². The van der Waals surface area contributed by atoms with E-state index in [2.05, 4.69) is 17.2 Å². The second kappa shape index (κ2) is 5.05. The minimum atomic E-state index is 0.339. The second-order valence-electron chi connectivity index (χ2n) is 4.07. The summed E-state index contributed by atoms with van der Waals surface area (Å²) in [5.74, 6) is 0. The lowest BCUT2D eigenvalue weighted by Crippen LogP contribution is -2.38. The first kappa shape index (κ1) is 11.0. The van der Waals surface area contributed by atoms with Crippen LogP contribution in [0.1, 0.15) is 37.2 Å². The molecule has 3 nitrogen and oxygen atoms in total. The van der Waals surface area contributed by atoms with Crippen LogP contribution in [0.5, 0.6) is 0 Å². The number of rotatable bonds is 4. The Bertz CT molecular complexity index is 289. The highest BCUT2D eigenvalue weighted by atomic mass is 32.1. The zero-order chi connectivity index (χ0) is 10.7. The molecule has 15 heavy (non-hydrogen) atoms. The fourth-order valence-electron chi connectivity index (χ4n) is 2.24. The molecule has 1 saturated carbocycles. The molecule has 1 aromatic rings. The maximum absolute atomic E-state index is 5.46. The average Bonchev–Trinajstić information content (AvgIpc) is 2.87. The van der Waals surface area contributed by atoms with Crippen molar-refractivity contribution >= 4 is 11.3 Å². The number of ether oxygens (including phenoxy) is 1. The molecule has 1 aliphatic rings. The zero-order valence-electron chi connectivity index (χ0n) is 9.27. The summed E-state index contributed by atoms with van der Waals surface area (Å²) in [6.07, 6.45) is 5.90. The van der Waals surface area contributed by atoms with Gasteiger partial charge in [0, 0.05) is 24.7 Å². The summed E-state index contributed by atoms with van der Waals surface area (Å²) in [5, 5.41) is 6.79. The van der Waals surface area contributed by atoms with Gasteiger partial charge in [-0.1, -0.05) is 0 Å². The van der Waals surface area contributed by atoms with Crippen molar-refractivity contribution in [2.75, 3.05) is 7.11 Å². The third kappa shape index (κ3) is 2.56. The minimum absolute atomic E-state index is 0.339. The Morgan fingerprint density at radius 2 is 2.47 bits per heavy atom. The molecule has 84 valence electrons. The molecule has 0 saturated heterocycles. The molecular formula is C11H18N2OS. The summed E-state index contributed by atoms with van der Waals surface area (Å²) in [5.41, 5.74) is 0. The third-order valence-corrected chi connectivity index (χ3v) is 4.00. The molecule has 0 bridgehead atoms. The van der Waals surface area contributed by atoms with Crippen LogP contribution in [0.3, 0.4) is 0 Å². The zero-order valence-corrected chi connectivity index (χ0v) is 10.1. The van der Waals surface area contributed by atoms with Gasteiger partial charge < -0.3 is 10.1 Å². The van der Waals surface area contributed by atoms with Crippen LogP contribution in [0, 0.1) is 0 Å². The van der Waals surface area contributed by atoms with Crippen LogP contribution in [0.25, 0.3) is 0 Å². The number of thiazole rings is 1. The van der Waals surface area contributed by atoms with Gasteiger partial charge in [0.15, 0.2) is 0 Å². The lowest BCUT2D eigenvalue weighted by Gasteiger charge is -2.22. The molecule has 3 unspecified atom stereocenters. The molecule has 2 rings (SSSR count). The molecule has 1 fully saturated rings. The van der Waals surface area contributed by atoms with Crippen molar-refractivity contribution in [3.8, 4) is 0 Å². The number of methoxy groups -OCH3 is 1. The van der Waals surface area contributed by atoms with Crippen molar-refractivity contribution in [2.24, 2.45) is 0 Å². The van der Waals surface area contributed by atoms with E-state index >= 15 is 0 Å². The Balaban J connectivity index is 1.91. The van der Waals surface area contributed by atoms with Crippen molar-refractivity contribution in [2.45, 2.75) is 44.4 Å². The maximum Gasteiger partial charge on any atom is 0.109 e. The number of hydrogen-bond acceptors (Lipinski definition) is 4. The Hall–Kier alpha value is -0.450. The molecule has 1 aromatic heterocycles. The summed E-state index contributed by atoms with van der Waals surface area (Å²) in [6.45, 7) is 2.17. The first-order chi connectivity index (χ1) is 7.31. The van der Waals surface area contributed by atoms with Crippen molar-refractivity contribution in [3.05, 3.63) is 16.6 Å². The number of nitrogens with zero attached hydrogens (tertiary/aromatic N) is 1. The van der Waals surface area contributed by atoms with Crippen LogP contribution in [-0.2, 0) is 4.74 Å². The molecule has 0 radical (unpaired) electrons. The van der Waals surface area contributed by atoms with Crippen LogP contribution in [0.2, 0.25) is 0 Å². The lowest BCUT2D eigenvalue weighted by molar-refractivity contribution is 0.0819. The Morgan fingerprint density at radius 3 is 3.13 bits per heavy atom. The predicted octanol–water partition coefficient (Wildman–Crippen LogP) is 2.36. The van der Waals surface area contributed by atoms with Crippen LogP contribution in [-0.4, -0.2) is 24.2 Å². The predicted molar refractivity (Wildman–Crippen MR) is 62.1 cm³/mol. The van der Waals surface area contributed by atoms with Gasteiger partial charge in [-0.2, -0.15) is 0 Å². The smallest absolute Gasteiger partial charge is 0.109 e. The van der Waals surface area contributed by atoms with Gasteiger partial charge in [-0.15, -0.1) is 11.3 Å². The number of aromatic nitrogens is 1. The van der Waals surface area contributed by atoms with Gasteiger partial charge in [0.05, 0.1) is 12.1 Å². The van der Waals surface area contributed by atoms with Crippen molar-refractivity contribution in [1.82, 2.24) is 10.3 Å². The van der Waals surface area contributed by atoms with Gasteiger partial charge in [-0.25, -0.2) is 4.98 Å². The van der Waals surface area contributed by atoms with Crippen LogP contribution in [0.15, 0.2) is 11.6 Å². The second-order valence-corrected chi connectivity index (χ2v) is 5.00. The van der Waals surface area contributed by atoms with Gasteiger partial charge in [0.25, 0.3) is 0 Å². The van der Waals surface area contributed by atoms with Crippen LogP contribution in [0.4, 0.5) is 0 Å². The van der Waals surface area contributed by atoms with Crippen LogP contribution >= 0.6 is 11.3 Å². The molecule has 0 aliphatic heterocycles. The summed E-state index contributed by atoms with van der Waals surface area (Å²) < 4.78 is 5.46. The molecule has 1 aliphatic carbocycles. The van der Waals surface area contributed by atoms with E-state index < -0.39 is 0 Å². The summed E-state index contributed by atoms with van der Waals surface area (Å²) in [4.78, 5) is 4.32. The molecule has 1 N–H and O–H groups in total. The Kier molecular flexibility index (Phi) is 3.72. The number of hydrogen-bond donors (Lipinski definition) is 1. The van der Waals surface area contributed by atoms with Gasteiger partial charge in [0.2, 0.25) is 0 Å². The van der Waals surface area contributed by atoms with Gasteiger partial charge in [-0.3, -0.25) is 0 Å². The van der Waals surface area contributed by atoms with E-state index in [0.29, 0.717) is 18.2 Å². The van der Waals surface area contributed by atoms with E-state index in [0.717, 1.165) is 5.01 Å². The first-order valence-corrected chi connectivity index (χ1v) is 6.37. The Morgan fingerprint density at radius 1 is 1.60 bits per heavy atom. The van der Waals surface area contributed by atoms with Crippen LogP contribution < -0.4 is 5.32 Å². The molecule has 3 atom stereocenters. The van der Waals surface area contributed by atoms with E-state index in [9.17, 15) is 0 Å². The van der Waals surface area contributed by atoms with E-state index in [1.807, 2.05) is 11.6 Å². The molecule has 0 amide bonds. The third-order valence-electron chi connectivity index (χ3n) is 3.04. The Labute approximate surface area is 94.9 Å². The highest BCUT2D eigenvalue weighted by Gasteiger charge is 2.28. The largest absolute Gasteiger partial charge is 0.380 e. The molecule has 4 heteroatoms. The number of nitrogens with one attached hydrogen (secondary N) is 1. The summed E-state index contributed by atoms with van der Waals surface area (Å²) >= 11 is 1.71. The topological polar surface area (TPSA) is 34.1 Å². The summed E-state index contributed by atoms with van der Waals surface area (Å²) in [7, 11) is 1.80. The minimum Gasteiger partial charge on any atom is -0.380 e. The molecular weight excluding hydrogens is 208 g/mol.